The Labute approximate surface area is 102 Å². The highest BCUT2D eigenvalue weighted by molar-refractivity contribution is 5.77. The van der Waals surface area contributed by atoms with Crippen molar-refractivity contribution in [3.63, 3.8) is 0 Å². The minimum absolute atomic E-state index is 0.0994. The molecule has 2 heterocycles. The van der Waals surface area contributed by atoms with Crippen molar-refractivity contribution in [1.82, 2.24) is 10.2 Å². The van der Waals surface area contributed by atoms with E-state index in [1.807, 2.05) is 4.90 Å². The Kier molecular flexibility index (Phi) is 5.22. The van der Waals surface area contributed by atoms with Crippen molar-refractivity contribution in [3.8, 4) is 0 Å². The first kappa shape index (κ1) is 12.8. The van der Waals surface area contributed by atoms with E-state index in [1.54, 1.807) is 0 Å². The van der Waals surface area contributed by atoms with Gasteiger partial charge in [-0.25, -0.2) is 0 Å². The first-order chi connectivity index (χ1) is 8.36. The molecule has 0 spiro atoms. The van der Waals surface area contributed by atoms with Crippen molar-refractivity contribution in [3.05, 3.63) is 0 Å². The number of nitrogens with zero attached hydrogens (tertiary/aromatic N) is 1. The number of hydrogen-bond donors (Lipinski definition) is 1. The van der Waals surface area contributed by atoms with Gasteiger partial charge in [-0.05, 0) is 19.3 Å². The maximum absolute atomic E-state index is 11.8. The van der Waals surface area contributed by atoms with Crippen molar-refractivity contribution in [2.24, 2.45) is 0 Å². The fourth-order valence-electron chi connectivity index (χ4n) is 2.22. The Hall–Kier alpha value is -0.650. The highest BCUT2D eigenvalue weighted by Gasteiger charge is 2.18. The summed E-state index contributed by atoms with van der Waals surface area (Å²) < 4.78 is 11.0. The summed E-state index contributed by atoms with van der Waals surface area (Å²) in [7, 11) is 0. The second-order valence-electron chi connectivity index (χ2n) is 4.63. The molecule has 2 aliphatic rings. The summed E-state index contributed by atoms with van der Waals surface area (Å²) in [5, 5.41) is 3.22. The number of hydrogen-bond acceptors (Lipinski definition) is 4. The second-order valence-corrected chi connectivity index (χ2v) is 4.63. The van der Waals surface area contributed by atoms with Crippen molar-refractivity contribution in [1.29, 1.82) is 0 Å². The lowest BCUT2D eigenvalue weighted by atomic mass is 10.1. The Morgan fingerprint density at radius 3 is 2.88 bits per heavy atom. The molecule has 0 bridgehead atoms. The Morgan fingerprint density at radius 2 is 2.18 bits per heavy atom. The summed E-state index contributed by atoms with van der Waals surface area (Å²) >= 11 is 0. The van der Waals surface area contributed by atoms with E-state index in [9.17, 15) is 4.79 Å². The molecule has 0 aromatic heterocycles. The van der Waals surface area contributed by atoms with Gasteiger partial charge >= 0.3 is 0 Å². The van der Waals surface area contributed by atoms with Crippen LogP contribution in [0.5, 0.6) is 0 Å². The number of piperazine rings is 1. The van der Waals surface area contributed by atoms with Crippen molar-refractivity contribution >= 4 is 5.91 Å². The topological polar surface area (TPSA) is 50.8 Å². The molecule has 2 aliphatic heterocycles. The van der Waals surface area contributed by atoms with E-state index in [2.05, 4.69) is 5.32 Å². The average Bonchev–Trinajstić information content (AvgIpc) is 2.41. The molecule has 2 fully saturated rings. The van der Waals surface area contributed by atoms with Crippen LogP contribution in [0.2, 0.25) is 0 Å². The summed E-state index contributed by atoms with van der Waals surface area (Å²) in [6.45, 7) is 4.94. The molecule has 17 heavy (non-hydrogen) atoms. The zero-order valence-corrected chi connectivity index (χ0v) is 10.3. The van der Waals surface area contributed by atoms with Gasteiger partial charge < -0.3 is 19.7 Å². The molecule has 2 rings (SSSR count). The van der Waals surface area contributed by atoms with Gasteiger partial charge in [0.05, 0.1) is 12.7 Å². The molecule has 5 heteroatoms. The molecular formula is C12H22N2O3. The highest BCUT2D eigenvalue weighted by atomic mass is 16.5. The van der Waals surface area contributed by atoms with Crippen LogP contribution >= 0.6 is 0 Å². The Morgan fingerprint density at radius 1 is 1.35 bits per heavy atom. The van der Waals surface area contributed by atoms with Crippen molar-refractivity contribution < 1.29 is 14.3 Å². The van der Waals surface area contributed by atoms with E-state index in [-0.39, 0.29) is 18.6 Å². The van der Waals surface area contributed by atoms with Crippen LogP contribution in [-0.2, 0) is 14.3 Å². The third kappa shape index (κ3) is 4.26. The van der Waals surface area contributed by atoms with Gasteiger partial charge in [0, 0.05) is 32.8 Å². The standard InChI is InChI=1S/C12H22N2O3/c15-12(14-6-4-13-5-7-14)10-16-9-11-3-1-2-8-17-11/h11,13H,1-10H2. The molecule has 0 aromatic carbocycles. The van der Waals surface area contributed by atoms with Crippen LogP contribution in [0.15, 0.2) is 0 Å². The Bertz CT molecular complexity index is 236. The van der Waals surface area contributed by atoms with E-state index < -0.39 is 0 Å². The van der Waals surface area contributed by atoms with E-state index in [0.29, 0.717) is 6.61 Å². The third-order valence-corrected chi connectivity index (χ3v) is 3.27. The molecule has 1 N–H and O–H groups in total. The van der Waals surface area contributed by atoms with Gasteiger partial charge in [-0.15, -0.1) is 0 Å². The SMILES string of the molecule is O=C(COCC1CCCCO1)N1CCNCC1. The maximum atomic E-state index is 11.8. The van der Waals surface area contributed by atoms with Gasteiger partial charge in [0.2, 0.25) is 5.91 Å². The van der Waals surface area contributed by atoms with E-state index in [1.165, 1.54) is 6.42 Å². The average molecular weight is 242 g/mol. The number of carbonyl (C=O) groups is 1. The summed E-state index contributed by atoms with van der Waals surface area (Å²) in [6.07, 6.45) is 3.61. The number of carbonyl (C=O) groups excluding carboxylic acids is 1. The maximum Gasteiger partial charge on any atom is 0.248 e. The predicted octanol–water partition coefficient (Wildman–Crippen LogP) is 0.00390. The van der Waals surface area contributed by atoms with Crippen LogP contribution in [0.3, 0.4) is 0 Å². The lowest BCUT2D eigenvalue weighted by Crippen LogP contribution is -2.47. The molecule has 0 radical (unpaired) electrons. The molecule has 0 aromatic rings. The summed E-state index contributed by atoms with van der Waals surface area (Å²) in [5.74, 6) is 0.0994. The number of ether oxygens (including phenoxy) is 2. The van der Waals surface area contributed by atoms with E-state index in [0.717, 1.165) is 45.6 Å². The first-order valence-corrected chi connectivity index (χ1v) is 6.54. The molecule has 1 unspecified atom stereocenters. The lowest BCUT2D eigenvalue weighted by molar-refractivity contribution is -0.138. The van der Waals surface area contributed by atoms with Crippen molar-refractivity contribution in [2.45, 2.75) is 25.4 Å². The first-order valence-electron chi connectivity index (χ1n) is 6.54. The molecule has 5 nitrogen and oxygen atoms in total. The van der Waals surface area contributed by atoms with Crippen molar-refractivity contribution in [2.75, 3.05) is 46.0 Å². The van der Waals surface area contributed by atoms with Gasteiger partial charge in [-0.1, -0.05) is 0 Å². The zero-order valence-electron chi connectivity index (χ0n) is 10.3. The van der Waals surface area contributed by atoms with Gasteiger partial charge in [-0.2, -0.15) is 0 Å². The van der Waals surface area contributed by atoms with Crippen LogP contribution in [0.1, 0.15) is 19.3 Å². The summed E-state index contributed by atoms with van der Waals surface area (Å²) in [6, 6.07) is 0. The van der Waals surface area contributed by atoms with E-state index >= 15 is 0 Å². The van der Waals surface area contributed by atoms with Gasteiger partial charge in [-0.3, -0.25) is 4.79 Å². The molecular weight excluding hydrogens is 220 g/mol. The minimum atomic E-state index is 0.0994. The third-order valence-electron chi connectivity index (χ3n) is 3.27. The molecule has 2 saturated heterocycles. The molecule has 1 atom stereocenters. The molecule has 0 aliphatic carbocycles. The number of rotatable bonds is 4. The smallest absolute Gasteiger partial charge is 0.248 e. The predicted molar refractivity (Wildman–Crippen MR) is 63.9 cm³/mol. The fourth-order valence-corrected chi connectivity index (χ4v) is 2.22. The van der Waals surface area contributed by atoms with Gasteiger partial charge in [0.25, 0.3) is 0 Å². The monoisotopic (exact) mass is 242 g/mol. The van der Waals surface area contributed by atoms with Gasteiger partial charge in [0.1, 0.15) is 6.61 Å². The summed E-state index contributed by atoms with van der Waals surface area (Å²) in [4.78, 5) is 13.6. The zero-order chi connectivity index (χ0) is 11.9. The molecule has 1 amide bonds. The Balaban J connectivity index is 1.58. The molecule has 0 saturated carbocycles. The van der Waals surface area contributed by atoms with Gasteiger partial charge in [0.15, 0.2) is 0 Å². The van der Waals surface area contributed by atoms with Crippen LogP contribution in [0, 0.1) is 0 Å². The van der Waals surface area contributed by atoms with Crippen LogP contribution < -0.4 is 5.32 Å². The van der Waals surface area contributed by atoms with Crippen LogP contribution in [0.25, 0.3) is 0 Å². The highest BCUT2D eigenvalue weighted by Crippen LogP contribution is 2.12. The van der Waals surface area contributed by atoms with Crippen LogP contribution in [-0.4, -0.2) is 62.9 Å². The normalized spacial score (nSPS) is 25.9. The number of amides is 1. The van der Waals surface area contributed by atoms with E-state index in [4.69, 9.17) is 9.47 Å². The largest absolute Gasteiger partial charge is 0.376 e. The lowest BCUT2D eigenvalue weighted by Gasteiger charge is -2.28. The quantitative estimate of drug-likeness (QED) is 0.754. The fraction of sp³-hybridized carbons (Fsp3) is 0.917. The molecule has 98 valence electrons. The second kappa shape index (κ2) is 6.93. The number of nitrogens with one attached hydrogen (secondary N) is 1. The summed E-state index contributed by atoms with van der Waals surface area (Å²) in [5.41, 5.74) is 0. The minimum Gasteiger partial charge on any atom is -0.376 e. The van der Waals surface area contributed by atoms with Crippen LogP contribution in [0.4, 0.5) is 0 Å².